The molecule has 0 spiro atoms. The van der Waals surface area contributed by atoms with E-state index in [1.807, 2.05) is 24.3 Å². The Hall–Kier alpha value is -2.58. The number of hydrogen-bond acceptors (Lipinski definition) is 4. The molecule has 2 aromatic carbocycles. The third kappa shape index (κ3) is 4.97. The number of carbonyl (C=O) groups is 1. The largest absolute Gasteiger partial charge is 0.496 e. The maximum Gasteiger partial charge on any atom is 0.331 e. The molecule has 116 valence electrons. The zero-order chi connectivity index (χ0) is 16.7. The van der Waals surface area contributed by atoms with Gasteiger partial charge < -0.3 is 9.47 Å². The summed E-state index contributed by atoms with van der Waals surface area (Å²) in [5, 5.41) is 8.73. The summed E-state index contributed by atoms with van der Waals surface area (Å²) in [5.74, 6) is 0.223. The number of ether oxygens (including phenoxy) is 2. The Morgan fingerprint density at radius 3 is 2.65 bits per heavy atom. The lowest BCUT2D eigenvalue weighted by Gasteiger charge is -2.05. The summed E-state index contributed by atoms with van der Waals surface area (Å²) in [6.07, 6.45) is 3.00. The van der Waals surface area contributed by atoms with E-state index in [2.05, 4.69) is 15.9 Å². The predicted molar refractivity (Wildman–Crippen MR) is 90.7 cm³/mol. The van der Waals surface area contributed by atoms with Crippen molar-refractivity contribution < 1.29 is 14.3 Å². The van der Waals surface area contributed by atoms with Crippen LogP contribution in [0.5, 0.6) is 5.75 Å². The Labute approximate surface area is 143 Å². The van der Waals surface area contributed by atoms with Crippen molar-refractivity contribution in [1.29, 1.82) is 5.26 Å². The van der Waals surface area contributed by atoms with Gasteiger partial charge in [0, 0.05) is 16.1 Å². The minimum atomic E-state index is -0.448. The summed E-state index contributed by atoms with van der Waals surface area (Å²) in [7, 11) is 1.57. The van der Waals surface area contributed by atoms with Crippen LogP contribution in [0.4, 0.5) is 0 Å². The molecule has 0 radical (unpaired) electrons. The molecule has 0 aliphatic carbocycles. The van der Waals surface area contributed by atoms with Crippen LogP contribution in [0.15, 0.2) is 53.0 Å². The molecule has 0 fully saturated rings. The number of halogens is 1. The van der Waals surface area contributed by atoms with Gasteiger partial charge in [-0.15, -0.1) is 0 Å². The monoisotopic (exact) mass is 371 g/mol. The summed E-state index contributed by atoms with van der Waals surface area (Å²) in [6.45, 7) is 0.157. The predicted octanol–water partition coefficient (Wildman–Crippen LogP) is 4.09. The Balaban J connectivity index is 1.96. The second kappa shape index (κ2) is 8.16. The highest BCUT2D eigenvalue weighted by molar-refractivity contribution is 9.10. The van der Waals surface area contributed by atoms with Crippen molar-refractivity contribution in [3.8, 4) is 11.8 Å². The fourth-order valence-corrected chi connectivity index (χ4v) is 2.25. The second-order valence-electron chi connectivity index (χ2n) is 4.64. The summed E-state index contributed by atoms with van der Waals surface area (Å²) >= 11 is 3.38. The van der Waals surface area contributed by atoms with Gasteiger partial charge in [0.2, 0.25) is 0 Å². The summed E-state index contributed by atoms with van der Waals surface area (Å²) in [5.41, 5.74) is 2.17. The highest BCUT2D eigenvalue weighted by Crippen LogP contribution is 2.24. The van der Waals surface area contributed by atoms with Gasteiger partial charge in [0.25, 0.3) is 0 Å². The van der Waals surface area contributed by atoms with Crippen LogP contribution in [0.25, 0.3) is 6.08 Å². The molecule has 0 aromatic heterocycles. The summed E-state index contributed by atoms with van der Waals surface area (Å²) < 4.78 is 11.3. The van der Waals surface area contributed by atoms with Crippen LogP contribution in [-0.2, 0) is 16.1 Å². The molecule has 0 aliphatic rings. The Bertz CT molecular complexity index is 761. The lowest BCUT2D eigenvalue weighted by atomic mass is 10.1. The van der Waals surface area contributed by atoms with Gasteiger partial charge >= 0.3 is 5.97 Å². The van der Waals surface area contributed by atoms with E-state index in [0.717, 1.165) is 15.6 Å². The van der Waals surface area contributed by atoms with E-state index in [1.54, 1.807) is 37.5 Å². The van der Waals surface area contributed by atoms with Crippen molar-refractivity contribution in [2.24, 2.45) is 0 Å². The maximum atomic E-state index is 11.8. The van der Waals surface area contributed by atoms with Gasteiger partial charge in [-0.1, -0.05) is 28.1 Å². The number of nitrogens with zero attached hydrogens (tertiary/aromatic N) is 1. The number of carbonyl (C=O) groups excluding carboxylic acids is 1. The second-order valence-corrected chi connectivity index (χ2v) is 5.55. The van der Waals surface area contributed by atoms with Crippen LogP contribution in [0, 0.1) is 11.3 Å². The molecule has 0 amide bonds. The molecule has 0 bridgehead atoms. The average molecular weight is 372 g/mol. The van der Waals surface area contributed by atoms with Crippen molar-refractivity contribution in [2.75, 3.05) is 7.11 Å². The molecule has 0 unspecified atom stereocenters. The van der Waals surface area contributed by atoms with Crippen molar-refractivity contribution in [1.82, 2.24) is 0 Å². The SMILES string of the molecule is COc1ccc(Br)cc1/C=C/C(=O)OCc1ccc(C#N)cc1. The molecule has 0 aliphatic heterocycles. The number of benzene rings is 2. The smallest absolute Gasteiger partial charge is 0.331 e. The van der Waals surface area contributed by atoms with Crippen LogP contribution in [0.3, 0.4) is 0 Å². The van der Waals surface area contributed by atoms with E-state index in [9.17, 15) is 4.79 Å². The first-order chi connectivity index (χ1) is 11.1. The Kier molecular flexibility index (Phi) is 5.95. The van der Waals surface area contributed by atoms with E-state index in [-0.39, 0.29) is 6.61 Å². The van der Waals surface area contributed by atoms with E-state index < -0.39 is 5.97 Å². The van der Waals surface area contributed by atoms with Crippen molar-refractivity contribution in [3.05, 3.63) is 69.7 Å². The number of esters is 1. The van der Waals surface area contributed by atoms with Crippen LogP contribution in [0.1, 0.15) is 16.7 Å². The topological polar surface area (TPSA) is 59.3 Å². The number of methoxy groups -OCH3 is 1. The molecule has 2 rings (SSSR count). The van der Waals surface area contributed by atoms with E-state index in [0.29, 0.717) is 11.3 Å². The van der Waals surface area contributed by atoms with Gasteiger partial charge in [0.15, 0.2) is 0 Å². The third-order valence-corrected chi connectivity index (χ3v) is 3.55. The Morgan fingerprint density at radius 1 is 1.26 bits per heavy atom. The fourth-order valence-electron chi connectivity index (χ4n) is 1.87. The molecule has 23 heavy (non-hydrogen) atoms. The van der Waals surface area contributed by atoms with E-state index >= 15 is 0 Å². The van der Waals surface area contributed by atoms with Crippen molar-refractivity contribution in [2.45, 2.75) is 6.61 Å². The van der Waals surface area contributed by atoms with E-state index in [1.165, 1.54) is 6.08 Å². The zero-order valence-corrected chi connectivity index (χ0v) is 14.0. The first kappa shape index (κ1) is 16.8. The van der Waals surface area contributed by atoms with Gasteiger partial charge in [-0.3, -0.25) is 0 Å². The first-order valence-electron chi connectivity index (χ1n) is 6.80. The molecule has 0 atom stereocenters. The van der Waals surface area contributed by atoms with Crippen LogP contribution in [0.2, 0.25) is 0 Å². The molecule has 4 nitrogen and oxygen atoms in total. The molecule has 2 aromatic rings. The highest BCUT2D eigenvalue weighted by atomic mass is 79.9. The summed E-state index contributed by atoms with van der Waals surface area (Å²) in [6, 6.07) is 14.4. The lowest BCUT2D eigenvalue weighted by molar-refractivity contribution is -0.138. The molecule has 0 saturated carbocycles. The number of nitriles is 1. The average Bonchev–Trinajstić information content (AvgIpc) is 2.58. The first-order valence-corrected chi connectivity index (χ1v) is 7.59. The molecular weight excluding hydrogens is 358 g/mol. The standard InChI is InChI=1S/C18H14BrNO3/c1-22-17-8-7-16(19)10-15(17)6-9-18(21)23-12-14-4-2-13(11-20)3-5-14/h2-10H,12H2,1H3/b9-6+. The van der Waals surface area contributed by atoms with Crippen molar-refractivity contribution >= 4 is 28.0 Å². The van der Waals surface area contributed by atoms with Gasteiger partial charge in [-0.25, -0.2) is 4.79 Å². The van der Waals surface area contributed by atoms with Crippen LogP contribution < -0.4 is 4.74 Å². The number of hydrogen-bond donors (Lipinski definition) is 0. The highest BCUT2D eigenvalue weighted by Gasteiger charge is 2.03. The zero-order valence-electron chi connectivity index (χ0n) is 12.5. The molecule has 0 heterocycles. The minimum Gasteiger partial charge on any atom is -0.496 e. The fraction of sp³-hybridized carbons (Fsp3) is 0.111. The quantitative estimate of drug-likeness (QED) is 0.586. The Morgan fingerprint density at radius 2 is 2.00 bits per heavy atom. The lowest BCUT2D eigenvalue weighted by Crippen LogP contribution is -2.00. The normalized spacial score (nSPS) is 10.3. The van der Waals surface area contributed by atoms with Gasteiger partial charge in [0.05, 0.1) is 18.7 Å². The van der Waals surface area contributed by atoms with E-state index in [4.69, 9.17) is 14.7 Å². The number of rotatable bonds is 5. The minimum absolute atomic E-state index is 0.157. The summed E-state index contributed by atoms with van der Waals surface area (Å²) in [4.78, 5) is 11.8. The third-order valence-electron chi connectivity index (χ3n) is 3.05. The van der Waals surface area contributed by atoms with Crippen molar-refractivity contribution in [3.63, 3.8) is 0 Å². The van der Waals surface area contributed by atoms with Gasteiger partial charge in [0.1, 0.15) is 12.4 Å². The maximum absolute atomic E-state index is 11.8. The van der Waals surface area contributed by atoms with Gasteiger partial charge in [-0.2, -0.15) is 5.26 Å². The van der Waals surface area contributed by atoms with Crippen LogP contribution in [-0.4, -0.2) is 13.1 Å². The molecular formula is C18H14BrNO3. The molecule has 0 saturated heterocycles. The molecule has 0 N–H and O–H groups in total. The molecule has 5 heteroatoms. The van der Waals surface area contributed by atoms with Crippen LogP contribution >= 0.6 is 15.9 Å². The van der Waals surface area contributed by atoms with Gasteiger partial charge in [-0.05, 0) is 42.0 Å².